The fourth-order valence-electron chi connectivity index (χ4n) is 3.59. The maximum atomic E-state index is 13.0. The molecule has 2 amide bonds. The molecule has 0 bridgehead atoms. The first-order chi connectivity index (χ1) is 12.6. The number of carbonyl (C=O) groups is 2. The topological polar surface area (TPSA) is 53.5 Å². The molecule has 2 aromatic rings. The van der Waals surface area contributed by atoms with E-state index in [1.165, 1.54) is 29.8 Å². The van der Waals surface area contributed by atoms with Gasteiger partial charge < -0.3 is 9.80 Å². The van der Waals surface area contributed by atoms with Crippen LogP contribution in [0.15, 0.2) is 36.4 Å². The minimum atomic E-state index is -0.362. The van der Waals surface area contributed by atoms with Crippen LogP contribution in [-0.4, -0.2) is 52.8 Å². The number of hydrogen-bond donors (Lipinski definition) is 0. The van der Waals surface area contributed by atoms with Crippen molar-refractivity contribution in [2.45, 2.75) is 19.3 Å². The van der Waals surface area contributed by atoms with Crippen LogP contribution in [0.3, 0.4) is 0 Å². The van der Waals surface area contributed by atoms with Crippen molar-refractivity contribution in [3.8, 4) is 0 Å². The van der Waals surface area contributed by atoms with Gasteiger partial charge in [0.05, 0.1) is 0 Å². The Kier molecular flexibility index (Phi) is 4.41. The van der Waals surface area contributed by atoms with Crippen LogP contribution in [0.4, 0.5) is 4.39 Å². The molecule has 6 heteroatoms. The van der Waals surface area contributed by atoms with Gasteiger partial charge in [-0.2, -0.15) is 0 Å². The lowest BCUT2D eigenvalue weighted by Crippen LogP contribution is -2.50. The summed E-state index contributed by atoms with van der Waals surface area (Å²) in [7, 11) is 0. The van der Waals surface area contributed by atoms with Crippen molar-refractivity contribution in [2.24, 2.45) is 0 Å². The summed E-state index contributed by atoms with van der Waals surface area (Å²) in [4.78, 5) is 33.2. The van der Waals surface area contributed by atoms with E-state index in [4.69, 9.17) is 0 Å². The van der Waals surface area contributed by atoms with Gasteiger partial charge in [-0.25, -0.2) is 9.37 Å². The zero-order valence-corrected chi connectivity index (χ0v) is 14.4. The fraction of sp³-hybridized carbons (Fsp3) is 0.350. The lowest BCUT2D eigenvalue weighted by molar-refractivity contribution is 0.0532. The van der Waals surface area contributed by atoms with Crippen molar-refractivity contribution in [1.29, 1.82) is 0 Å². The number of aryl methyl sites for hydroxylation is 2. The van der Waals surface area contributed by atoms with Crippen molar-refractivity contribution in [1.82, 2.24) is 14.8 Å². The summed E-state index contributed by atoms with van der Waals surface area (Å²) < 4.78 is 13.0. The molecule has 1 aliphatic heterocycles. The van der Waals surface area contributed by atoms with E-state index >= 15 is 0 Å². The Hall–Kier alpha value is -2.76. The maximum Gasteiger partial charge on any atom is 0.272 e. The van der Waals surface area contributed by atoms with Crippen LogP contribution in [0, 0.1) is 5.82 Å². The van der Waals surface area contributed by atoms with E-state index in [9.17, 15) is 14.0 Å². The summed E-state index contributed by atoms with van der Waals surface area (Å²) in [5.74, 6) is -0.569. The number of amides is 2. The molecule has 1 fully saturated rings. The number of aromatic nitrogens is 1. The van der Waals surface area contributed by atoms with Crippen LogP contribution in [0.2, 0.25) is 0 Å². The Morgan fingerprint density at radius 2 is 1.50 bits per heavy atom. The normalized spacial score (nSPS) is 16.5. The molecular formula is C20H20FN3O2. The molecule has 0 unspecified atom stereocenters. The van der Waals surface area contributed by atoms with Gasteiger partial charge in [-0.05, 0) is 55.2 Å². The largest absolute Gasteiger partial charge is 0.335 e. The number of piperazine rings is 1. The first-order valence-electron chi connectivity index (χ1n) is 8.95. The smallest absolute Gasteiger partial charge is 0.272 e. The van der Waals surface area contributed by atoms with Gasteiger partial charge in [0.1, 0.15) is 11.5 Å². The number of benzene rings is 1. The molecule has 1 aliphatic carbocycles. The highest BCUT2D eigenvalue weighted by Gasteiger charge is 2.26. The Bertz CT molecular complexity index is 843. The van der Waals surface area contributed by atoms with Crippen LogP contribution in [0.5, 0.6) is 0 Å². The maximum absolute atomic E-state index is 13.0. The molecule has 1 aromatic carbocycles. The summed E-state index contributed by atoms with van der Waals surface area (Å²) in [6.07, 6.45) is 3.08. The van der Waals surface area contributed by atoms with E-state index in [-0.39, 0.29) is 17.6 Å². The second-order valence-electron chi connectivity index (χ2n) is 6.75. The van der Waals surface area contributed by atoms with Crippen molar-refractivity contribution in [3.05, 3.63) is 64.7 Å². The summed E-state index contributed by atoms with van der Waals surface area (Å²) in [6.45, 7) is 1.88. The van der Waals surface area contributed by atoms with Gasteiger partial charge in [-0.3, -0.25) is 9.59 Å². The molecule has 26 heavy (non-hydrogen) atoms. The second-order valence-corrected chi connectivity index (χ2v) is 6.75. The lowest BCUT2D eigenvalue weighted by Gasteiger charge is -2.34. The molecule has 5 nitrogen and oxygen atoms in total. The Morgan fingerprint density at radius 1 is 0.846 bits per heavy atom. The minimum absolute atomic E-state index is 0.0754. The van der Waals surface area contributed by atoms with E-state index in [2.05, 4.69) is 4.98 Å². The number of pyridine rings is 1. The van der Waals surface area contributed by atoms with Gasteiger partial charge in [0.15, 0.2) is 0 Å². The number of carbonyl (C=O) groups excluding carboxylic acids is 2. The predicted octanol–water partition coefficient (Wildman–Crippen LogP) is 2.31. The minimum Gasteiger partial charge on any atom is -0.335 e. The van der Waals surface area contributed by atoms with Gasteiger partial charge in [-0.1, -0.05) is 6.07 Å². The molecule has 1 aromatic heterocycles. The predicted molar refractivity (Wildman–Crippen MR) is 94.5 cm³/mol. The summed E-state index contributed by atoms with van der Waals surface area (Å²) in [5, 5.41) is 0. The molecule has 0 spiro atoms. The number of nitrogens with zero attached hydrogens (tertiary/aromatic N) is 3. The standard InChI is InChI=1S/C20H20FN3O2/c21-16-7-4-15(5-8-16)19(25)23-10-12-24(13-11-23)20(26)18-9-6-14-2-1-3-17(14)22-18/h4-9H,1-3,10-13H2. The first kappa shape index (κ1) is 16.7. The van der Waals surface area contributed by atoms with Crippen LogP contribution < -0.4 is 0 Å². The zero-order valence-electron chi connectivity index (χ0n) is 14.4. The van der Waals surface area contributed by atoms with Gasteiger partial charge in [0, 0.05) is 37.4 Å². The molecular weight excluding hydrogens is 333 g/mol. The summed E-state index contributed by atoms with van der Waals surface area (Å²) >= 11 is 0. The van der Waals surface area contributed by atoms with Gasteiger partial charge in [0.2, 0.25) is 0 Å². The SMILES string of the molecule is O=C(c1ccc(F)cc1)N1CCN(C(=O)c2ccc3c(n2)CCC3)CC1. The molecule has 1 saturated heterocycles. The molecule has 0 N–H and O–H groups in total. The van der Waals surface area contributed by atoms with Crippen LogP contribution in [0.1, 0.15) is 38.5 Å². The quantitative estimate of drug-likeness (QED) is 0.833. The third-order valence-corrected chi connectivity index (χ3v) is 5.09. The molecule has 0 saturated carbocycles. The highest BCUT2D eigenvalue weighted by molar-refractivity contribution is 5.95. The average Bonchev–Trinajstić information content (AvgIpc) is 3.15. The number of rotatable bonds is 2. The molecule has 2 aliphatic rings. The van der Waals surface area contributed by atoms with Crippen molar-refractivity contribution >= 4 is 11.8 Å². The molecule has 4 rings (SSSR count). The Balaban J connectivity index is 1.39. The Morgan fingerprint density at radius 3 is 2.19 bits per heavy atom. The molecule has 2 heterocycles. The van der Waals surface area contributed by atoms with Crippen molar-refractivity contribution < 1.29 is 14.0 Å². The van der Waals surface area contributed by atoms with Gasteiger partial charge >= 0.3 is 0 Å². The highest BCUT2D eigenvalue weighted by atomic mass is 19.1. The van der Waals surface area contributed by atoms with Crippen LogP contribution >= 0.6 is 0 Å². The second kappa shape index (κ2) is 6.86. The number of halogens is 1. The van der Waals surface area contributed by atoms with Crippen LogP contribution in [-0.2, 0) is 12.8 Å². The van der Waals surface area contributed by atoms with E-state index in [0.29, 0.717) is 37.4 Å². The highest BCUT2D eigenvalue weighted by Crippen LogP contribution is 2.21. The van der Waals surface area contributed by atoms with Gasteiger partial charge in [0.25, 0.3) is 11.8 Å². The number of fused-ring (bicyclic) bond motifs is 1. The van der Waals surface area contributed by atoms with Crippen molar-refractivity contribution in [3.63, 3.8) is 0 Å². The fourth-order valence-corrected chi connectivity index (χ4v) is 3.59. The van der Waals surface area contributed by atoms with E-state index in [0.717, 1.165) is 25.0 Å². The molecule has 134 valence electrons. The van der Waals surface area contributed by atoms with Crippen LogP contribution in [0.25, 0.3) is 0 Å². The van der Waals surface area contributed by atoms with Gasteiger partial charge in [-0.15, -0.1) is 0 Å². The monoisotopic (exact) mass is 353 g/mol. The lowest BCUT2D eigenvalue weighted by atomic mass is 10.1. The summed E-state index contributed by atoms with van der Waals surface area (Å²) in [6, 6.07) is 9.37. The zero-order chi connectivity index (χ0) is 18.1. The van der Waals surface area contributed by atoms with E-state index in [1.807, 2.05) is 12.1 Å². The van der Waals surface area contributed by atoms with E-state index < -0.39 is 0 Å². The number of hydrogen-bond acceptors (Lipinski definition) is 3. The average molecular weight is 353 g/mol. The first-order valence-corrected chi connectivity index (χ1v) is 8.95. The van der Waals surface area contributed by atoms with Crippen molar-refractivity contribution in [2.75, 3.05) is 26.2 Å². The molecule has 0 radical (unpaired) electrons. The summed E-state index contributed by atoms with van der Waals surface area (Å²) in [5.41, 5.74) is 3.24. The third-order valence-electron chi connectivity index (χ3n) is 5.09. The van der Waals surface area contributed by atoms with E-state index in [1.54, 1.807) is 9.80 Å². The Labute approximate surface area is 151 Å². The third kappa shape index (κ3) is 3.19. The molecule has 0 atom stereocenters.